The molecule has 1 fully saturated rings. The van der Waals surface area contributed by atoms with Crippen molar-refractivity contribution >= 4 is 10.0 Å². The molecule has 5 nitrogen and oxygen atoms in total. The predicted octanol–water partition coefficient (Wildman–Crippen LogP) is 0.756. The fourth-order valence-corrected chi connectivity index (χ4v) is 2.79. The van der Waals surface area contributed by atoms with Gasteiger partial charge < -0.3 is 10.4 Å². The summed E-state index contributed by atoms with van der Waals surface area (Å²) in [6.45, 7) is 2.90. The second kappa shape index (κ2) is 5.58. The van der Waals surface area contributed by atoms with E-state index in [-0.39, 0.29) is 17.0 Å². The van der Waals surface area contributed by atoms with Gasteiger partial charge in [-0.2, -0.15) is 0 Å². The number of nitrogens with two attached hydrogens (primary N) is 1. The third-order valence-electron chi connectivity index (χ3n) is 3.63. The molecule has 0 saturated heterocycles. The Hall–Kier alpha value is -0.950. The van der Waals surface area contributed by atoms with Crippen molar-refractivity contribution in [3.63, 3.8) is 0 Å². The molecule has 106 valence electrons. The predicted molar refractivity (Wildman–Crippen MR) is 73.0 cm³/mol. The summed E-state index contributed by atoms with van der Waals surface area (Å²) in [5.74, 6) is 0.543. The van der Waals surface area contributed by atoms with Gasteiger partial charge in [-0.05, 0) is 49.9 Å². The molecule has 0 bridgehead atoms. The average Bonchev–Trinajstić information content (AvgIpc) is 2.32. The van der Waals surface area contributed by atoms with E-state index in [0.717, 1.165) is 24.9 Å². The van der Waals surface area contributed by atoms with Crippen LogP contribution in [0.3, 0.4) is 0 Å². The average molecular weight is 284 g/mol. The van der Waals surface area contributed by atoms with Crippen molar-refractivity contribution in [3.05, 3.63) is 29.8 Å². The highest BCUT2D eigenvalue weighted by molar-refractivity contribution is 7.89. The zero-order valence-electron chi connectivity index (χ0n) is 10.9. The summed E-state index contributed by atoms with van der Waals surface area (Å²) >= 11 is 0. The highest BCUT2D eigenvalue weighted by atomic mass is 32.2. The van der Waals surface area contributed by atoms with E-state index >= 15 is 0 Å². The van der Waals surface area contributed by atoms with Crippen molar-refractivity contribution < 1.29 is 13.5 Å². The lowest BCUT2D eigenvalue weighted by atomic mass is 9.82. The Balaban J connectivity index is 1.90. The zero-order valence-corrected chi connectivity index (χ0v) is 11.7. The molecule has 1 saturated carbocycles. The number of aliphatic hydroxyl groups is 1. The van der Waals surface area contributed by atoms with Crippen molar-refractivity contribution in [2.75, 3.05) is 6.54 Å². The van der Waals surface area contributed by atoms with Crippen LogP contribution in [0.1, 0.15) is 31.4 Å². The van der Waals surface area contributed by atoms with Gasteiger partial charge in [-0.3, -0.25) is 0 Å². The molecule has 1 atom stereocenters. The van der Waals surface area contributed by atoms with Crippen LogP contribution in [0.2, 0.25) is 0 Å². The van der Waals surface area contributed by atoms with Crippen LogP contribution < -0.4 is 10.5 Å². The first-order chi connectivity index (χ1) is 8.86. The van der Waals surface area contributed by atoms with Crippen LogP contribution in [-0.4, -0.2) is 26.2 Å². The highest BCUT2D eigenvalue weighted by Gasteiger charge is 2.26. The lowest BCUT2D eigenvalue weighted by Crippen LogP contribution is -2.36. The molecule has 1 aliphatic rings. The van der Waals surface area contributed by atoms with E-state index in [2.05, 4.69) is 5.32 Å². The molecule has 0 spiro atoms. The number of nitrogens with one attached hydrogen (secondary N) is 1. The van der Waals surface area contributed by atoms with Crippen LogP contribution >= 0.6 is 0 Å². The minimum Gasteiger partial charge on any atom is -0.393 e. The molecule has 6 heteroatoms. The Morgan fingerprint density at radius 3 is 2.42 bits per heavy atom. The van der Waals surface area contributed by atoms with Crippen LogP contribution in [0.25, 0.3) is 0 Å². The molecular weight excluding hydrogens is 264 g/mol. The summed E-state index contributed by atoms with van der Waals surface area (Å²) < 4.78 is 22.3. The summed E-state index contributed by atoms with van der Waals surface area (Å²) in [5.41, 5.74) is 1.02. The van der Waals surface area contributed by atoms with Gasteiger partial charge in [0.2, 0.25) is 10.0 Å². The van der Waals surface area contributed by atoms with E-state index < -0.39 is 10.0 Å². The molecule has 0 amide bonds. The standard InChI is InChI=1S/C13H20N2O3S/c1-9(15-8-10-6-12(16)7-10)11-2-4-13(5-3-11)19(14,17)18/h2-5,9-10,12,15-16H,6-8H2,1H3,(H2,14,17,18). The van der Waals surface area contributed by atoms with Gasteiger partial charge in [0.15, 0.2) is 0 Å². The molecule has 2 rings (SSSR count). The number of sulfonamides is 1. The van der Waals surface area contributed by atoms with Gasteiger partial charge in [0, 0.05) is 6.04 Å². The molecule has 0 aliphatic heterocycles. The fraction of sp³-hybridized carbons (Fsp3) is 0.538. The van der Waals surface area contributed by atoms with Crippen LogP contribution in [0, 0.1) is 5.92 Å². The molecule has 0 heterocycles. The summed E-state index contributed by atoms with van der Waals surface area (Å²) in [7, 11) is -3.62. The Kier molecular flexibility index (Phi) is 4.25. The van der Waals surface area contributed by atoms with E-state index in [1.807, 2.05) is 6.92 Å². The number of rotatable bonds is 5. The largest absolute Gasteiger partial charge is 0.393 e. The molecule has 19 heavy (non-hydrogen) atoms. The van der Waals surface area contributed by atoms with E-state index in [4.69, 9.17) is 5.14 Å². The monoisotopic (exact) mass is 284 g/mol. The first kappa shape index (κ1) is 14.5. The lowest BCUT2D eigenvalue weighted by Gasteiger charge is -2.32. The molecule has 1 aromatic carbocycles. The van der Waals surface area contributed by atoms with Crippen molar-refractivity contribution in [1.29, 1.82) is 0 Å². The summed E-state index contributed by atoms with van der Waals surface area (Å²) in [4.78, 5) is 0.130. The van der Waals surface area contributed by atoms with Crippen LogP contribution in [0.4, 0.5) is 0 Å². The topological polar surface area (TPSA) is 92.4 Å². The maximum Gasteiger partial charge on any atom is 0.238 e. The van der Waals surface area contributed by atoms with Gasteiger partial charge in [-0.25, -0.2) is 13.6 Å². The third-order valence-corrected chi connectivity index (χ3v) is 4.56. The van der Waals surface area contributed by atoms with Crippen molar-refractivity contribution in [3.8, 4) is 0 Å². The Bertz CT molecular complexity index is 521. The molecule has 4 N–H and O–H groups in total. The smallest absolute Gasteiger partial charge is 0.238 e. The lowest BCUT2D eigenvalue weighted by molar-refractivity contribution is 0.0420. The van der Waals surface area contributed by atoms with Crippen LogP contribution in [-0.2, 0) is 10.0 Å². The van der Waals surface area contributed by atoms with Crippen molar-refractivity contribution in [2.24, 2.45) is 11.1 Å². The van der Waals surface area contributed by atoms with Gasteiger partial charge in [-0.15, -0.1) is 0 Å². The molecule has 1 unspecified atom stereocenters. The first-order valence-corrected chi connectivity index (χ1v) is 7.95. The summed E-state index contributed by atoms with van der Waals surface area (Å²) in [5, 5.41) is 17.7. The van der Waals surface area contributed by atoms with Gasteiger partial charge in [0.1, 0.15) is 0 Å². The number of primary sulfonamides is 1. The third kappa shape index (κ3) is 3.76. The Morgan fingerprint density at radius 2 is 1.95 bits per heavy atom. The van der Waals surface area contributed by atoms with E-state index in [9.17, 15) is 13.5 Å². The van der Waals surface area contributed by atoms with E-state index in [1.54, 1.807) is 12.1 Å². The van der Waals surface area contributed by atoms with Gasteiger partial charge in [-0.1, -0.05) is 12.1 Å². The number of aliphatic hydroxyl groups excluding tert-OH is 1. The van der Waals surface area contributed by atoms with Gasteiger partial charge in [0.05, 0.1) is 11.0 Å². The van der Waals surface area contributed by atoms with Crippen LogP contribution in [0.15, 0.2) is 29.2 Å². The van der Waals surface area contributed by atoms with Crippen LogP contribution in [0.5, 0.6) is 0 Å². The quantitative estimate of drug-likeness (QED) is 0.744. The van der Waals surface area contributed by atoms with E-state index in [0.29, 0.717) is 5.92 Å². The zero-order chi connectivity index (χ0) is 14.0. The summed E-state index contributed by atoms with van der Waals surface area (Å²) in [6.07, 6.45) is 1.60. The van der Waals surface area contributed by atoms with Gasteiger partial charge in [0.25, 0.3) is 0 Å². The van der Waals surface area contributed by atoms with Crippen molar-refractivity contribution in [2.45, 2.75) is 36.8 Å². The summed E-state index contributed by atoms with van der Waals surface area (Å²) in [6, 6.07) is 6.73. The van der Waals surface area contributed by atoms with Crippen molar-refractivity contribution in [1.82, 2.24) is 5.32 Å². The molecule has 0 aromatic heterocycles. The molecule has 1 aliphatic carbocycles. The second-order valence-corrected chi connectivity index (χ2v) is 6.80. The number of hydrogen-bond donors (Lipinski definition) is 3. The number of benzene rings is 1. The molecule has 0 radical (unpaired) electrons. The van der Waals surface area contributed by atoms with E-state index in [1.165, 1.54) is 12.1 Å². The SMILES string of the molecule is CC(NCC1CC(O)C1)c1ccc(S(N)(=O)=O)cc1. The Labute approximate surface area is 113 Å². The second-order valence-electron chi connectivity index (χ2n) is 5.24. The Morgan fingerprint density at radius 1 is 1.37 bits per heavy atom. The minimum atomic E-state index is -3.62. The molecule has 1 aromatic rings. The fourth-order valence-electron chi connectivity index (χ4n) is 2.27. The van der Waals surface area contributed by atoms with Gasteiger partial charge >= 0.3 is 0 Å². The highest BCUT2D eigenvalue weighted by Crippen LogP contribution is 2.27. The number of hydrogen-bond acceptors (Lipinski definition) is 4. The minimum absolute atomic E-state index is 0.129. The molecular formula is C13H20N2O3S. The maximum atomic E-state index is 11.1. The first-order valence-electron chi connectivity index (χ1n) is 6.40. The maximum absolute atomic E-state index is 11.1. The normalized spacial score (nSPS) is 24.8.